The number of nitrogen functional groups attached to an aromatic ring is 1. The van der Waals surface area contributed by atoms with Gasteiger partial charge in [-0.15, -0.1) is 11.8 Å². The summed E-state index contributed by atoms with van der Waals surface area (Å²) in [6.07, 6.45) is 5.13. The lowest BCUT2D eigenvalue weighted by Gasteiger charge is -2.15. The highest BCUT2D eigenvalue weighted by molar-refractivity contribution is 7.99. The summed E-state index contributed by atoms with van der Waals surface area (Å²) in [6, 6.07) is 16.1. The van der Waals surface area contributed by atoms with Crippen LogP contribution in [0.3, 0.4) is 0 Å². The van der Waals surface area contributed by atoms with Gasteiger partial charge in [0.2, 0.25) is 5.91 Å². The lowest BCUT2D eigenvalue weighted by Crippen LogP contribution is -2.29. The van der Waals surface area contributed by atoms with Crippen LogP contribution < -0.4 is 26.6 Å². The van der Waals surface area contributed by atoms with Gasteiger partial charge < -0.3 is 20.8 Å². The Balaban J connectivity index is 1.39. The van der Waals surface area contributed by atoms with Crippen molar-refractivity contribution in [3.63, 3.8) is 0 Å². The lowest BCUT2D eigenvalue weighted by molar-refractivity contribution is -0.116. The fourth-order valence-corrected chi connectivity index (χ4v) is 5.20. The quantitative estimate of drug-likeness (QED) is 0.0240. The van der Waals surface area contributed by atoms with E-state index in [1.807, 2.05) is 30.3 Å². The highest BCUT2D eigenvalue weighted by atomic mass is 32.2. The number of carbonyl (C=O) groups is 2. The molecule has 2 amide bonds. The third-order valence-corrected chi connectivity index (χ3v) is 7.87. The molecule has 0 saturated carbocycles. The second kappa shape index (κ2) is 17.1. The number of hydrogen-bond donors (Lipinski definition) is 4. The van der Waals surface area contributed by atoms with Crippen LogP contribution in [0.2, 0.25) is 0 Å². The molecule has 5 N–H and O–H groups in total. The fraction of sp³-hybridized carbons (Fsp3) is 0.212. The number of hydrogen-bond acceptors (Lipinski definition) is 8. The van der Waals surface area contributed by atoms with Crippen LogP contribution in [-0.2, 0) is 11.2 Å². The number of benzene rings is 2. The van der Waals surface area contributed by atoms with Gasteiger partial charge in [-0.1, -0.05) is 30.3 Å². The third kappa shape index (κ3) is 10.0. The predicted molar refractivity (Wildman–Crippen MR) is 171 cm³/mol. The number of aromatic nitrogens is 2. The molecule has 0 spiro atoms. The van der Waals surface area contributed by atoms with E-state index in [1.165, 1.54) is 18.3 Å². The highest BCUT2D eigenvalue weighted by Gasteiger charge is 2.23. The Morgan fingerprint density at radius 1 is 0.979 bits per heavy atom. The number of anilines is 1. The van der Waals surface area contributed by atoms with Crippen LogP contribution in [0.4, 0.5) is 23.4 Å². The smallest absolute Gasteiger partial charge is 0.252 e. The molecule has 2 aromatic heterocycles. The number of nitrogens with zero attached hydrogens (tertiary/aromatic N) is 2. The molecule has 4 rings (SSSR count). The SMILES string of the molecule is CC(Sc1c(F)c(F)cc(F)c1F)c1ccc(OCCc2ccccc2)c(C=CC(=O)NCCCNC(=O)c2ccc(NN)nc2)n1. The minimum atomic E-state index is -1.50. The van der Waals surface area contributed by atoms with E-state index in [4.69, 9.17) is 10.6 Å². The number of hydrazine groups is 1. The van der Waals surface area contributed by atoms with E-state index in [0.29, 0.717) is 60.6 Å². The van der Waals surface area contributed by atoms with Crippen molar-refractivity contribution in [2.75, 3.05) is 25.1 Å². The van der Waals surface area contributed by atoms with E-state index >= 15 is 0 Å². The van der Waals surface area contributed by atoms with Gasteiger partial charge in [-0.2, -0.15) is 0 Å². The van der Waals surface area contributed by atoms with Crippen LogP contribution in [0.5, 0.6) is 5.75 Å². The number of amides is 2. The first-order chi connectivity index (χ1) is 22.7. The van der Waals surface area contributed by atoms with Gasteiger partial charge in [-0.3, -0.25) is 9.59 Å². The lowest BCUT2D eigenvalue weighted by atomic mass is 10.2. The number of pyridine rings is 2. The Morgan fingerprint density at radius 2 is 1.70 bits per heavy atom. The number of halogens is 4. The van der Waals surface area contributed by atoms with Gasteiger partial charge in [-0.25, -0.2) is 33.4 Å². The van der Waals surface area contributed by atoms with Crippen LogP contribution in [0.25, 0.3) is 6.08 Å². The summed E-state index contributed by atoms with van der Waals surface area (Å²) in [7, 11) is 0. The predicted octanol–water partition coefficient (Wildman–Crippen LogP) is 5.74. The molecule has 47 heavy (non-hydrogen) atoms. The molecule has 0 radical (unpaired) electrons. The summed E-state index contributed by atoms with van der Waals surface area (Å²) in [4.78, 5) is 32.5. The van der Waals surface area contributed by atoms with Crippen molar-refractivity contribution in [2.45, 2.75) is 29.9 Å². The van der Waals surface area contributed by atoms with Crippen LogP contribution in [0.15, 0.2) is 77.8 Å². The second-order valence-electron chi connectivity index (χ2n) is 10.1. The van der Waals surface area contributed by atoms with Crippen molar-refractivity contribution < 1.29 is 31.9 Å². The van der Waals surface area contributed by atoms with Crippen LogP contribution in [0.1, 0.15) is 45.9 Å². The Labute approximate surface area is 273 Å². The minimum Gasteiger partial charge on any atom is -0.491 e. The topological polar surface area (TPSA) is 131 Å². The molecule has 0 aliphatic heterocycles. The zero-order valence-electron chi connectivity index (χ0n) is 25.2. The van der Waals surface area contributed by atoms with Crippen molar-refractivity contribution in [3.05, 3.63) is 119 Å². The van der Waals surface area contributed by atoms with Gasteiger partial charge in [0.05, 0.1) is 22.8 Å². The summed E-state index contributed by atoms with van der Waals surface area (Å²) in [6.45, 7) is 2.44. The first-order valence-electron chi connectivity index (χ1n) is 14.5. The molecule has 14 heteroatoms. The van der Waals surface area contributed by atoms with E-state index in [0.717, 1.165) is 5.56 Å². The minimum absolute atomic E-state index is 0.155. The number of thioether (sulfide) groups is 1. The summed E-state index contributed by atoms with van der Waals surface area (Å²) >= 11 is 0.572. The molecule has 0 fully saturated rings. The molecule has 0 aliphatic rings. The van der Waals surface area contributed by atoms with Crippen molar-refractivity contribution in [1.29, 1.82) is 0 Å². The zero-order valence-corrected chi connectivity index (χ0v) is 26.1. The summed E-state index contributed by atoms with van der Waals surface area (Å²) in [5, 5.41) is 4.72. The number of rotatable bonds is 15. The maximum Gasteiger partial charge on any atom is 0.252 e. The maximum atomic E-state index is 14.3. The average Bonchev–Trinajstić information content (AvgIpc) is 3.08. The van der Waals surface area contributed by atoms with Crippen LogP contribution >= 0.6 is 11.8 Å². The third-order valence-electron chi connectivity index (χ3n) is 6.69. The van der Waals surface area contributed by atoms with Gasteiger partial charge in [-0.05, 0) is 49.2 Å². The summed E-state index contributed by atoms with van der Waals surface area (Å²) in [5.74, 6) is -0.698. The summed E-state index contributed by atoms with van der Waals surface area (Å²) in [5.41, 5.74) is 4.39. The molecule has 0 bridgehead atoms. The van der Waals surface area contributed by atoms with Crippen LogP contribution in [0, 0.1) is 23.3 Å². The second-order valence-corrected chi connectivity index (χ2v) is 11.4. The largest absolute Gasteiger partial charge is 0.491 e. The molecule has 9 nitrogen and oxygen atoms in total. The Kier molecular flexibility index (Phi) is 12.7. The number of nitrogens with two attached hydrogens (primary N) is 1. The van der Waals surface area contributed by atoms with Crippen molar-refractivity contribution >= 4 is 35.5 Å². The Bertz CT molecular complexity index is 1690. The van der Waals surface area contributed by atoms with Crippen LogP contribution in [-0.4, -0.2) is 41.5 Å². The van der Waals surface area contributed by atoms with Gasteiger partial charge >= 0.3 is 0 Å². The number of nitrogens with one attached hydrogen (secondary N) is 3. The number of carbonyl (C=O) groups excluding carboxylic acids is 2. The first kappa shape index (κ1) is 34.9. The molecule has 246 valence electrons. The Hall–Kier alpha value is -4.95. The van der Waals surface area contributed by atoms with Crippen molar-refractivity contribution in [1.82, 2.24) is 20.6 Å². The standard InChI is InChI=1S/C33H32F4N6O3S/c1-20(47-32-30(36)23(34)18-24(35)31(32)37)25-9-11-27(46-17-14-21-6-3-2-4-7-21)26(42-25)10-13-29(44)39-15-5-16-40-33(45)22-8-12-28(43-38)41-19-22/h2-4,6-13,18-20H,5,14-17,38H2,1H3,(H,39,44)(H,40,45)(H,41,43). The highest BCUT2D eigenvalue weighted by Crippen LogP contribution is 2.39. The van der Waals surface area contributed by atoms with Crippen molar-refractivity contribution in [2.24, 2.45) is 5.84 Å². The zero-order chi connectivity index (χ0) is 33.8. The van der Waals surface area contributed by atoms with Gasteiger partial charge in [0, 0.05) is 43.1 Å². The van der Waals surface area contributed by atoms with Gasteiger partial charge in [0.1, 0.15) is 17.3 Å². The maximum absolute atomic E-state index is 14.3. The van der Waals surface area contributed by atoms with E-state index in [-0.39, 0.29) is 24.2 Å². The molecule has 0 aliphatic carbocycles. The van der Waals surface area contributed by atoms with E-state index < -0.39 is 39.3 Å². The molecular weight excluding hydrogens is 636 g/mol. The van der Waals surface area contributed by atoms with Gasteiger partial charge in [0.15, 0.2) is 23.3 Å². The molecule has 0 saturated heterocycles. The average molecular weight is 669 g/mol. The molecular formula is C33H32F4N6O3S. The first-order valence-corrected chi connectivity index (χ1v) is 15.4. The molecule has 2 aromatic carbocycles. The monoisotopic (exact) mass is 668 g/mol. The molecule has 4 aromatic rings. The number of ether oxygens (including phenoxy) is 1. The van der Waals surface area contributed by atoms with Crippen molar-refractivity contribution in [3.8, 4) is 5.75 Å². The molecule has 1 unspecified atom stereocenters. The molecule has 2 heterocycles. The Morgan fingerprint density at radius 3 is 2.38 bits per heavy atom. The fourth-order valence-electron chi connectivity index (χ4n) is 4.19. The molecule has 1 atom stereocenters. The van der Waals surface area contributed by atoms with Gasteiger partial charge in [0.25, 0.3) is 5.91 Å². The normalized spacial score (nSPS) is 11.7. The van der Waals surface area contributed by atoms with E-state index in [2.05, 4.69) is 26.0 Å². The van der Waals surface area contributed by atoms with E-state index in [1.54, 1.807) is 31.2 Å². The summed E-state index contributed by atoms with van der Waals surface area (Å²) < 4.78 is 62.1. The van der Waals surface area contributed by atoms with E-state index in [9.17, 15) is 27.2 Å².